The second kappa shape index (κ2) is 7.88. The van der Waals surface area contributed by atoms with Crippen LogP contribution in [0.1, 0.15) is 22.3 Å². The molecule has 0 atom stereocenters. The van der Waals surface area contributed by atoms with Gasteiger partial charge in [-0.05, 0) is 69.9 Å². The highest BCUT2D eigenvalue weighted by Gasteiger charge is 2.19. The third kappa shape index (κ3) is 3.89. The molecule has 7 nitrogen and oxygen atoms in total. The highest BCUT2D eigenvalue weighted by atomic mass is 79.9. The van der Waals surface area contributed by atoms with Crippen LogP contribution in [-0.2, 0) is 6.42 Å². The third-order valence-electron chi connectivity index (χ3n) is 5.20. The molecule has 156 valence electrons. The van der Waals surface area contributed by atoms with Crippen LogP contribution in [0.15, 0.2) is 59.1 Å². The summed E-state index contributed by atoms with van der Waals surface area (Å²) in [7, 11) is 0. The lowest BCUT2D eigenvalue weighted by Gasteiger charge is -2.10. The summed E-state index contributed by atoms with van der Waals surface area (Å²) < 4.78 is 0.576. The minimum absolute atomic E-state index is 0.0180. The van der Waals surface area contributed by atoms with E-state index in [1.807, 2.05) is 37.3 Å². The summed E-state index contributed by atoms with van der Waals surface area (Å²) in [4.78, 5) is 14.2. The van der Waals surface area contributed by atoms with E-state index in [4.69, 9.17) is 11.1 Å². The highest BCUT2D eigenvalue weighted by Crippen LogP contribution is 2.41. The minimum Gasteiger partial charge on any atom is -0.506 e. The minimum atomic E-state index is -0.420. The molecule has 1 aromatic heterocycles. The Morgan fingerprint density at radius 2 is 2.00 bits per heavy atom. The predicted octanol–water partition coefficient (Wildman–Crippen LogP) is 5.39. The number of hydrogen-bond acceptors (Lipinski definition) is 4. The van der Waals surface area contributed by atoms with Gasteiger partial charge in [0.1, 0.15) is 11.6 Å². The Morgan fingerprint density at radius 1 is 1.23 bits per heavy atom. The summed E-state index contributed by atoms with van der Waals surface area (Å²) in [6.45, 7) is 1.93. The summed E-state index contributed by atoms with van der Waals surface area (Å²) in [5.41, 5.74) is 11.0. The number of non-ortho nitro benzene ring substituents is 1. The number of aromatic amines is 1. The molecule has 8 heteroatoms. The average molecular weight is 479 g/mol. The predicted molar refractivity (Wildman–Crippen MR) is 125 cm³/mol. The van der Waals surface area contributed by atoms with Gasteiger partial charge in [-0.2, -0.15) is 0 Å². The summed E-state index contributed by atoms with van der Waals surface area (Å²) in [6.07, 6.45) is 0.392. The molecule has 4 aromatic rings. The Bertz CT molecular complexity index is 1360. The fourth-order valence-electron chi connectivity index (χ4n) is 3.74. The van der Waals surface area contributed by atoms with Gasteiger partial charge in [0.15, 0.2) is 0 Å². The van der Waals surface area contributed by atoms with E-state index >= 15 is 0 Å². The molecule has 0 saturated carbocycles. The first-order valence-corrected chi connectivity index (χ1v) is 10.3. The lowest BCUT2D eigenvalue weighted by atomic mass is 9.96. The molecule has 3 aromatic carbocycles. The fraction of sp³-hybridized carbons (Fsp3) is 0.0870. The largest absolute Gasteiger partial charge is 0.506 e. The number of nitrogen functional groups attached to an aromatic ring is 1. The fourth-order valence-corrected chi connectivity index (χ4v) is 4.31. The van der Waals surface area contributed by atoms with Gasteiger partial charge >= 0.3 is 0 Å². The summed E-state index contributed by atoms with van der Waals surface area (Å²) in [5.74, 6) is 0.0522. The average Bonchev–Trinajstić information content (AvgIpc) is 3.08. The first kappa shape index (κ1) is 20.6. The van der Waals surface area contributed by atoms with Crippen molar-refractivity contribution in [3.05, 3.63) is 91.4 Å². The molecule has 0 fully saturated rings. The van der Waals surface area contributed by atoms with Crippen molar-refractivity contribution >= 4 is 38.4 Å². The van der Waals surface area contributed by atoms with Crippen molar-refractivity contribution in [3.8, 4) is 17.0 Å². The second-order valence-electron chi connectivity index (χ2n) is 7.40. The first-order chi connectivity index (χ1) is 14.7. The molecule has 1 heterocycles. The van der Waals surface area contributed by atoms with Crippen molar-refractivity contribution in [1.29, 1.82) is 5.41 Å². The van der Waals surface area contributed by atoms with Crippen molar-refractivity contribution in [2.45, 2.75) is 13.3 Å². The van der Waals surface area contributed by atoms with Gasteiger partial charge in [-0.3, -0.25) is 15.5 Å². The Labute approximate surface area is 186 Å². The number of amidine groups is 1. The molecule has 0 amide bonds. The van der Waals surface area contributed by atoms with Crippen LogP contribution in [-0.4, -0.2) is 20.8 Å². The number of phenolic OH excluding ortho intramolecular Hbond substituents is 1. The van der Waals surface area contributed by atoms with E-state index in [0.717, 1.165) is 27.6 Å². The van der Waals surface area contributed by atoms with Crippen molar-refractivity contribution in [2.24, 2.45) is 5.73 Å². The number of aromatic nitrogens is 1. The van der Waals surface area contributed by atoms with E-state index in [1.165, 1.54) is 6.07 Å². The first-order valence-electron chi connectivity index (χ1n) is 9.46. The van der Waals surface area contributed by atoms with Gasteiger partial charge in [-0.15, -0.1) is 0 Å². The van der Waals surface area contributed by atoms with Crippen LogP contribution >= 0.6 is 15.9 Å². The van der Waals surface area contributed by atoms with E-state index in [1.54, 1.807) is 18.2 Å². The number of nitro benzene ring substituents is 1. The van der Waals surface area contributed by atoms with Gasteiger partial charge in [-0.1, -0.05) is 12.1 Å². The number of aryl methyl sites for hydroxylation is 1. The lowest BCUT2D eigenvalue weighted by Crippen LogP contribution is -2.10. The van der Waals surface area contributed by atoms with E-state index in [0.29, 0.717) is 27.7 Å². The maximum Gasteiger partial charge on any atom is 0.269 e. The van der Waals surface area contributed by atoms with Gasteiger partial charge < -0.3 is 15.8 Å². The molecule has 31 heavy (non-hydrogen) atoms. The number of nitrogens with zero attached hydrogens (tertiary/aromatic N) is 1. The summed E-state index contributed by atoms with van der Waals surface area (Å²) in [6, 6.07) is 15.6. The number of halogens is 1. The van der Waals surface area contributed by atoms with Crippen LogP contribution in [0.3, 0.4) is 0 Å². The number of phenols is 1. The molecular formula is C23H19BrN4O3. The van der Waals surface area contributed by atoms with Crippen LogP contribution < -0.4 is 5.73 Å². The zero-order valence-electron chi connectivity index (χ0n) is 16.6. The molecule has 0 bridgehead atoms. The van der Waals surface area contributed by atoms with Crippen molar-refractivity contribution in [1.82, 2.24) is 4.98 Å². The van der Waals surface area contributed by atoms with E-state index in [-0.39, 0.29) is 17.3 Å². The second-order valence-corrected chi connectivity index (χ2v) is 8.25. The molecule has 0 aliphatic rings. The van der Waals surface area contributed by atoms with Crippen LogP contribution in [0.4, 0.5) is 5.69 Å². The number of nitrogens with two attached hydrogens (primary N) is 1. The molecular weight excluding hydrogens is 460 g/mol. The van der Waals surface area contributed by atoms with Crippen LogP contribution in [0.25, 0.3) is 22.2 Å². The number of nitrogens with one attached hydrogen (secondary N) is 2. The van der Waals surface area contributed by atoms with Crippen LogP contribution in [0.5, 0.6) is 5.75 Å². The van der Waals surface area contributed by atoms with Crippen molar-refractivity contribution in [3.63, 3.8) is 0 Å². The molecule has 0 unspecified atom stereocenters. The van der Waals surface area contributed by atoms with Crippen LogP contribution in [0.2, 0.25) is 0 Å². The SMILES string of the molecule is Cc1cc(Br)c(O)c(-c2[nH]c3ccc(C(=N)N)cc3c2Cc2cccc([N+](=O)[O-])c2)c1. The number of aromatic hydroxyl groups is 1. The Balaban J connectivity index is 1.97. The zero-order chi connectivity index (χ0) is 22.3. The normalized spacial score (nSPS) is 11.0. The molecule has 5 N–H and O–H groups in total. The van der Waals surface area contributed by atoms with Gasteiger partial charge in [0, 0.05) is 40.6 Å². The van der Waals surface area contributed by atoms with Crippen molar-refractivity contribution < 1.29 is 10.0 Å². The molecule has 0 saturated heterocycles. The number of benzene rings is 3. The van der Waals surface area contributed by atoms with Gasteiger partial charge in [0.2, 0.25) is 0 Å². The Kier molecular flexibility index (Phi) is 5.24. The number of rotatable bonds is 5. The van der Waals surface area contributed by atoms with Crippen LogP contribution in [0, 0.1) is 22.4 Å². The molecule has 0 radical (unpaired) electrons. The maximum absolute atomic E-state index is 11.2. The quantitative estimate of drug-likeness (QED) is 0.132. The van der Waals surface area contributed by atoms with Gasteiger partial charge in [-0.25, -0.2) is 0 Å². The van der Waals surface area contributed by atoms with Gasteiger partial charge in [0.25, 0.3) is 5.69 Å². The summed E-state index contributed by atoms with van der Waals surface area (Å²) in [5, 5.41) is 30.6. The number of hydrogen-bond donors (Lipinski definition) is 4. The summed E-state index contributed by atoms with van der Waals surface area (Å²) >= 11 is 3.40. The number of nitro groups is 1. The van der Waals surface area contributed by atoms with E-state index < -0.39 is 4.92 Å². The van der Waals surface area contributed by atoms with E-state index in [9.17, 15) is 15.2 Å². The van der Waals surface area contributed by atoms with E-state index in [2.05, 4.69) is 20.9 Å². The Hall–Kier alpha value is -3.65. The zero-order valence-corrected chi connectivity index (χ0v) is 18.2. The number of H-pyrrole nitrogens is 1. The third-order valence-corrected chi connectivity index (χ3v) is 5.80. The molecule has 0 aliphatic carbocycles. The topological polar surface area (TPSA) is 129 Å². The number of fused-ring (bicyclic) bond motifs is 1. The molecule has 0 aliphatic heterocycles. The lowest BCUT2D eigenvalue weighted by molar-refractivity contribution is -0.384. The molecule has 0 spiro atoms. The Morgan fingerprint density at radius 3 is 2.71 bits per heavy atom. The standard InChI is InChI=1S/C23H19BrN4O3/c1-12-7-18(22(29)19(24)8-12)21-17(10-13-3-2-4-15(9-13)28(30)31)16-11-14(23(25)26)5-6-20(16)27-21/h2-9,11,27,29H,10H2,1H3,(H3,25,26). The van der Waals surface area contributed by atoms with Crippen molar-refractivity contribution in [2.75, 3.05) is 0 Å². The molecule has 4 rings (SSSR count). The monoisotopic (exact) mass is 478 g/mol. The smallest absolute Gasteiger partial charge is 0.269 e. The highest BCUT2D eigenvalue weighted by molar-refractivity contribution is 9.10. The van der Waals surface area contributed by atoms with Gasteiger partial charge in [0.05, 0.1) is 15.1 Å². The maximum atomic E-state index is 11.2.